The first-order valence-electron chi connectivity index (χ1n) is 6.66. The Morgan fingerprint density at radius 3 is 2.95 bits per heavy atom. The normalized spacial score (nSPS) is 22.7. The Balaban J connectivity index is 2.10. The molecule has 0 bridgehead atoms. The number of nitrogens with one attached hydrogen (secondary N) is 1. The number of anilines is 1. The van der Waals surface area contributed by atoms with Crippen molar-refractivity contribution in [1.82, 2.24) is 4.90 Å². The largest absolute Gasteiger partial charge is 0.394 e. The topological polar surface area (TPSA) is 52.6 Å². The highest BCUT2D eigenvalue weighted by Gasteiger charge is 2.31. The molecule has 1 heterocycles. The Hall–Kier alpha value is -1.33. The third kappa shape index (κ3) is 3.41. The van der Waals surface area contributed by atoms with Gasteiger partial charge in [0, 0.05) is 17.3 Å². The number of halogens is 2. The van der Waals surface area contributed by atoms with Crippen LogP contribution >= 0.6 is 11.6 Å². The van der Waals surface area contributed by atoms with Crippen LogP contribution in [-0.4, -0.2) is 35.2 Å². The van der Waals surface area contributed by atoms with Crippen LogP contribution < -0.4 is 5.32 Å². The van der Waals surface area contributed by atoms with Crippen LogP contribution in [0.2, 0.25) is 5.02 Å². The van der Waals surface area contributed by atoms with Gasteiger partial charge in [-0.15, -0.1) is 0 Å². The molecule has 2 atom stereocenters. The zero-order valence-electron chi connectivity index (χ0n) is 11.3. The van der Waals surface area contributed by atoms with Crippen LogP contribution in [0.5, 0.6) is 0 Å². The molecule has 0 aliphatic carbocycles. The second-order valence-electron chi connectivity index (χ2n) is 5.15. The van der Waals surface area contributed by atoms with Crippen LogP contribution in [0.15, 0.2) is 18.2 Å². The van der Waals surface area contributed by atoms with Crippen molar-refractivity contribution in [3.8, 4) is 0 Å². The van der Waals surface area contributed by atoms with Crippen LogP contribution in [0, 0.1) is 11.7 Å². The van der Waals surface area contributed by atoms with E-state index in [4.69, 9.17) is 11.6 Å². The summed E-state index contributed by atoms with van der Waals surface area (Å²) in [4.78, 5) is 13.8. The van der Waals surface area contributed by atoms with E-state index in [9.17, 15) is 14.3 Å². The number of piperidine rings is 1. The molecule has 110 valence electrons. The number of hydrogen-bond acceptors (Lipinski definition) is 2. The quantitative estimate of drug-likeness (QED) is 0.882. The lowest BCUT2D eigenvalue weighted by Crippen LogP contribution is -2.51. The summed E-state index contributed by atoms with van der Waals surface area (Å²) in [5.74, 6) is -0.255. The fraction of sp³-hybridized carbons (Fsp3) is 0.500. The van der Waals surface area contributed by atoms with Gasteiger partial charge in [-0.2, -0.15) is 0 Å². The van der Waals surface area contributed by atoms with Gasteiger partial charge in [-0.1, -0.05) is 18.5 Å². The molecule has 2 rings (SSSR count). The van der Waals surface area contributed by atoms with Crippen LogP contribution in [0.4, 0.5) is 14.9 Å². The van der Waals surface area contributed by atoms with Gasteiger partial charge in [0.1, 0.15) is 5.82 Å². The Morgan fingerprint density at radius 2 is 2.30 bits per heavy atom. The number of carbonyl (C=O) groups is 1. The van der Waals surface area contributed by atoms with E-state index in [0.717, 1.165) is 12.8 Å². The van der Waals surface area contributed by atoms with Gasteiger partial charge in [0.05, 0.1) is 12.6 Å². The summed E-state index contributed by atoms with van der Waals surface area (Å²) in [6.45, 7) is 2.53. The predicted octanol–water partition coefficient (Wildman–Crippen LogP) is 3.10. The summed E-state index contributed by atoms with van der Waals surface area (Å²) >= 11 is 5.75. The molecule has 6 heteroatoms. The van der Waals surface area contributed by atoms with Crippen LogP contribution in [0.3, 0.4) is 0 Å². The number of nitrogens with zero attached hydrogens (tertiary/aromatic N) is 1. The van der Waals surface area contributed by atoms with Gasteiger partial charge < -0.3 is 15.3 Å². The van der Waals surface area contributed by atoms with Gasteiger partial charge in [-0.3, -0.25) is 0 Å². The summed E-state index contributed by atoms with van der Waals surface area (Å²) in [6, 6.07) is 3.34. The second-order valence-corrected chi connectivity index (χ2v) is 5.59. The molecule has 1 fully saturated rings. The van der Waals surface area contributed by atoms with Crippen LogP contribution in [0.1, 0.15) is 19.8 Å². The molecule has 20 heavy (non-hydrogen) atoms. The predicted molar refractivity (Wildman–Crippen MR) is 76.4 cm³/mol. The molecule has 1 aliphatic rings. The number of benzene rings is 1. The molecule has 1 aliphatic heterocycles. The lowest BCUT2D eigenvalue weighted by Gasteiger charge is -2.38. The number of aliphatic hydroxyl groups excluding tert-OH is 1. The molecule has 1 saturated heterocycles. The van der Waals surface area contributed by atoms with Crippen molar-refractivity contribution in [2.45, 2.75) is 25.8 Å². The zero-order chi connectivity index (χ0) is 14.7. The molecule has 2 amide bonds. The molecule has 2 unspecified atom stereocenters. The molecular weight excluding hydrogens is 283 g/mol. The lowest BCUT2D eigenvalue weighted by atomic mass is 9.91. The molecule has 4 nitrogen and oxygen atoms in total. The monoisotopic (exact) mass is 300 g/mol. The molecule has 0 saturated carbocycles. The van der Waals surface area contributed by atoms with E-state index >= 15 is 0 Å². The number of rotatable bonds is 2. The van der Waals surface area contributed by atoms with Gasteiger partial charge in [0.15, 0.2) is 0 Å². The van der Waals surface area contributed by atoms with E-state index in [-0.39, 0.29) is 29.6 Å². The van der Waals surface area contributed by atoms with Crippen LogP contribution in [-0.2, 0) is 0 Å². The Morgan fingerprint density at radius 1 is 1.55 bits per heavy atom. The highest BCUT2D eigenvalue weighted by molar-refractivity contribution is 6.30. The zero-order valence-corrected chi connectivity index (χ0v) is 12.0. The molecule has 2 N–H and O–H groups in total. The lowest BCUT2D eigenvalue weighted by molar-refractivity contribution is 0.0811. The van der Waals surface area contributed by atoms with E-state index in [1.54, 1.807) is 4.90 Å². The minimum absolute atomic E-state index is 0.0709. The van der Waals surface area contributed by atoms with E-state index in [1.165, 1.54) is 18.2 Å². The summed E-state index contributed by atoms with van der Waals surface area (Å²) in [6.07, 6.45) is 1.88. The van der Waals surface area contributed by atoms with Gasteiger partial charge in [-0.25, -0.2) is 9.18 Å². The van der Waals surface area contributed by atoms with Gasteiger partial charge >= 0.3 is 6.03 Å². The summed E-state index contributed by atoms with van der Waals surface area (Å²) in [5, 5.41) is 12.3. The van der Waals surface area contributed by atoms with Gasteiger partial charge in [-0.05, 0) is 37.0 Å². The van der Waals surface area contributed by atoms with Crippen molar-refractivity contribution in [3.05, 3.63) is 29.0 Å². The fourth-order valence-corrected chi connectivity index (χ4v) is 2.82. The maximum Gasteiger partial charge on any atom is 0.322 e. The van der Waals surface area contributed by atoms with Crippen molar-refractivity contribution in [2.75, 3.05) is 18.5 Å². The minimum Gasteiger partial charge on any atom is -0.394 e. The summed E-state index contributed by atoms with van der Waals surface area (Å²) < 4.78 is 13.2. The van der Waals surface area contributed by atoms with Crippen molar-refractivity contribution in [2.24, 2.45) is 5.92 Å². The smallest absolute Gasteiger partial charge is 0.322 e. The maximum absolute atomic E-state index is 13.2. The second kappa shape index (κ2) is 6.41. The standard InChI is InChI=1S/C14H18ClFN2O2/c1-9-3-2-4-18(13(9)8-19)14(20)17-12-6-10(15)5-11(16)7-12/h5-7,9,13,19H,2-4,8H2,1H3,(H,17,20). The van der Waals surface area contributed by atoms with E-state index in [2.05, 4.69) is 5.32 Å². The molecular formula is C14H18ClFN2O2. The summed E-state index contributed by atoms with van der Waals surface area (Å²) in [5.41, 5.74) is 0.315. The van der Waals surface area contributed by atoms with Crippen LogP contribution in [0.25, 0.3) is 0 Å². The Labute approximate surface area is 122 Å². The SMILES string of the molecule is CC1CCCN(C(=O)Nc2cc(F)cc(Cl)c2)C1CO. The number of hydrogen-bond donors (Lipinski definition) is 2. The van der Waals surface area contributed by atoms with Crippen molar-refractivity contribution >= 4 is 23.3 Å². The molecule has 0 spiro atoms. The van der Waals surface area contributed by atoms with Crippen molar-refractivity contribution < 1.29 is 14.3 Å². The average molecular weight is 301 g/mol. The van der Waals surface area contributed by atoms with Crippen molar-refractivity contribution in [1.29, 1.82) is 0 Å². The molecule has 0 aromatic heterocycles. The molecule has 1 aromatic carbocycles. The third-order valence-corrected chi connectivity index (χ3v) is 3.90. The highest BCUT2D eigenvalue weighted by Crippen LogP contribution is 2.24. The van der Waals surface area contributed by atoms with E-state index in [1.807, 2.05) is 6.92 Å². The third-order valence-electron chi connectivity index (χ3n) is 3.68. The maximum atomic E-state index is 13.2. The first-order valence-corrected chi connectivity index (χ1v) is 7.03. The van der Waals surface area contributed by atoms with E-state index < -0.39 is 5.82 Å². The number of carbonyl (C=O) groups excluding carboxylic acids is 1. The first-order chi connectivity index (χ1) is 9.51. The number of urea groups is 1. The Kier molecular flexibility index (Phi) is 4.83. The number of likely N-dealkylation sites (tertiary alicyclic amines) is 1. The Bertz CT molecular complexity index is 478. The molecule has 1 aromatic rings. The number of aliphatic hydroxyl groups is 1. The number of amides is 2. The van der Waals surface area contributed by atoms with Gasteiger partial charge in [0.25, 0.3) is 0 Å². The van der Waals surface area contributed by atoms with Gasteiger partial charge in [0.2, 0.25) is 0 Å². The minimum atomic E-state index is -0.501. The molecule has 0 radical (unpaired) electrons. The first kappa shape index (κ1) is 15.1. The highest BCUT2D eigenvalue weighted by atomic mass is 35.5. The average Bonchev–Trinajstić information content (AvgIpc) is 2.37. The fourth-order valence-electron chi connectivity index (χ4n) is 2.60. The summed E-state index contributed by atoms with van der Waals surface area (Å²) in [7, 11) is 0. The van der Waals surface area contributed by atoms with Crippen molar-refractivity contribution in [3.63, 3.8) is 0 Å². The van der Waals surface area contributed by atoms with E-state index in [0.29, 0.717) is 12.2 Å².